The molecule has 1 aliphatic rings. The molecule has 1 saturated heterocycles. The van der Waals surface area contributed by atoms with E-state index >= 15 is 0 Å². The first-order valence-corrected chi connectivity index (χ1v) is 12.5. The number of aromatic nitrogens is 2. The van der Waals surface area contributed by atoms with Gasteiger partial charge in [-0.05, 0) is 43.4 Å². The molecule has 0 saturated carbocycles. The Bertz CT molecular complexity index is 950. The van der Waals surface area contributed by atoms with E-state index in [1.54, 1.807) is 23.1 Å². The summed E-state index contributed by atoms with van der Waals surface area (Å²) >= 11 is 5.39. The van der Waals surface area contributed by atoms with Gasteiger partial charge in [0, 0.05) is 34.0 Å². The van der Waals surface area contributed by atoms with Gasteiger partial charge in [-0.1, -0.05) is 12.1 Å². The third kappa shape index (κ3) is 4.54. The molecule has 0 atom stereocenters. The summed E-state index contributed by atoms with van der Waals surface area (Å²) in [7, 11) is 0. The van der Waals surface area contributed by atoms with Gasteiger partial charge >= 0.3 is 0 Å². The summed E-state index contributed by atoms with van der Waals surface area (Å²) < 4.78 is 5.47. The number of thiophene rings is 1. The lowest BCUT2D eigenvalue weighted by molar-refractivity contribution is 0.0330. The first kappa shape index (κ1) is 20.2. The lowest BCUT2D eigenvalue weighted by atomic mass is 10.2. The zero-order chi connectivity index (χ0) is 19.5. The lowest BCUT2D eigenvalue weighted by Gasteiger charge is -2.25. The predicted molar refractivity (Wildman–Crippen MR) is 121 cm³/mol. The van der Waals surface area contributed by atoms with Crippen LogP contribution in [0.3, 0.4) is 0 Å². The van der Waals surface area contributed by atoms with E-state index in [0.29, 0.717) is 0 Å². The highest BCUT2D eigenvalue weighted by Crippen LogP contribution is 2.36. The molecule has 28 heavy (non-hydrogen) atoms. The number of hydrogen-bond acceptors (Lipinski definition) is 7. The summed E-state index contributed by atoms with van der Waals surface area (Å²) in [5.74, 6) is 1.85. The summed E-state index contributed by atoms with van der Waals surface area (Å²) in [6, 6.07) is 8.83. The molecule has 3 heterocycles. The van der Waals surface area contributed by atoms with Gasteiger partial charge in [0.1, 0.15) is 15.7 Å². The van der Waals surface area contributed by atoms with E-state index < -0.39 is 0 Å². The highest BCUT2D eigenvalue weighted by Gasteiger charge is 2.18. The molecule has 0 spiro atoms. The monoisotopic (exact) mass is 431 g/mol. The van der Waals surface area contributed by atoms with Crippen molar-refractivity contribution in [1.82, 2.24) is 14.9 Å². The first-order chi connectivity index (χ1) is 13.6. The lowest BCUT2D eigenvalue weighted by Crippen LogP contribution is -2.36. The predicted octanol–water partition coefficient (Wildman–Crippen LogP) is 5.15. The number of benzene rings is 1. The second kappa shape index (κ2) is 9.13. The Balaban J connectivity index is 1.60. The summed E-state index contributed by atoms with van der Waals surface area (Å²) in [5, 5.41) is 2.35. The molecule has 0 radical (unpaired) electrons. The van der Waals surface area contributed by atoms with Crippen LogP contribution in [0.15, 0.2) is 34.2 Å². The molecule has 0 amide bonds. The molecule has 0 aliphatic carbocycles. The van der Waals surface area contributed by atoms with Gasteiger partial charge in [-0.25, -0.2) is 9.97 Å². The topological polar surface area (TPSA) is 38.2 Å². The van der Waals surface area contributed by atoms with E-state index in [2.05, 4.69) is 49.3 Å². The molecule has 1 fully saturated rings. The molecular weight excluding hydrogens is 406 g/mol. The molecule has 3 aromatic rings. The summed E-state index contributed by atoms with van der Waals surface area (Å²) in [6.45, 7) is 8.67. The third-order valence-corrected chi connectivity index (χ3v) is 7.94. The largest absolute Gasteiger partial charge is 0.379 e. The minimum Gasteiger partial charge on any atom is -0.379 e. The van der Waals surface area contributed by atoms with Crippen molar-refractivity contribution in [3.05, 3.63) is 46.1 Å². The third-order valence-electron chi connectivity index (χ3n) is 5.05. The number of thioether (sulfide) groups is 2. The number of nitrogens with zero attached hydrogens (tertiary/aromatic N) is 3. The molecule has 4 nitrogen and oxygen atoms in total. The number of ether oxygens (including phenoxy) is 1. The zero-order valence-electron chi connectivity index (χ0n) is 16.5. The maximum atomic E-state index is 5.47. The highest BCUT2D eigenvalue weighted by molar-refractivity contribution is 7.98. The molecule has 4 rings (SSSR count). The molecule has 7 heteroatoms. The first-order valence-electron chi connectivity index (χ1n) is 9.46. The summed E-state index contributed by atoms with van der Waals surface area (Å²) in [5.41, 5.74) is 2.65. The molecular formula is C21H25N3OS3. The van der Waals surface area contributed by atoms with Gasteiger partial charge in [0.05, 0.1) is 19.8 Å². The number of rotatable bonds is 6. The quantitative estimate of drug-likeness (QED) is 0.397. The zero-order valence-corrected chi connectivity index (χ0v) is 19.0. The van der Waals surface area contributed by atoms with Gasteiger partial charge in [-0.2, -0.15) is 0 Å². The maximum absolute atomic E-state index is 5.47. The fraction of sp³-hybridized carbons (Fsp3) is 0.429. The smallest absolute Gasteiger partial charge is 0.145 e. The Labute approximate surface area is 179 Å². The number of fused-ring (bicyclic) bond motifs is 1. The Morgan fingerprint density at radius 1 is 1.11 bits per heavy atom. The number of morpholine rings is 1. The van der Waals surface area contributed by atoms with E-state index in [4.69, 9.17) is 14.7 Å². The summed E-state index contributed by atoms with van der Waals surface area (Å²) in [6.07, 6.45) is 2.11. The standard InChI is InChI=1S/C21H25N3OS3/c1-14-15(2)28-21-19(14)20(27-13-16-4-6-17(26-3)7-5-16)22-18(23-21)12-24-8-10-25-11-9-24/h4-7H,8-13H2,1-3H3. The number of hydrogen-bond donors (Lipinski definition) is 0. The Morgan fingerprint density at radius 2 is 1.86 bits per heavy atom. The van der Waals surface area contributed by atoms with Crippen LogP contribution in [-0.2, 0) is 17.0 Å². The van der Waals surface area contributed by atoms with E-state index in [9.17, 15) is 0 Å². The van der Waals surface area contributed by atoms with Crippen LogP contribution in [-0.4, -0.2) is 47.4 Å². The van der Waals surface area contributed by atoms with Crippen molar-refractivity contribution in [2.75, 3.05) is 32.6 Å². The van der Waals surface area contributed by atoms with E-state index in [-0.39, 0.29) is 0 Å². The van der Waals surface area contributed by atoms with Crippen LogP contribution < -0.4 is 0 Å². The fourth-order valence-electron chi connectivity index (χ4n) is 3.26. The SMILES string of the molecule is CSc1ccc(CSc2nc(CN3CCOCC3)nc3sc(C)c(C)c23)cc1. The Hall–Kier alpha value is -1.12. The molecule has 1 aliphatic heterocycles. The second-order valence-electron chi connectivity index (χ2n) is 6.93. The average Bonchev–Trinajstić information content (AvgIpc) is 3.01. The highest BCUT2D eigenvalue weighted by atomic mass is 32.2. The van der Waals surface area contributed by atoms with Crippen molar-refractivity contribution in [3.8, 4) is 0 Å². The van der Waals surface area contributed by atoms with Crippen molar-refractivity contribution in [2.45, 2.75) is 36.1 Å². The molecule has 1 aromatic carbocycles. The van der Waals surface area contributed by atoms with E-state index in [1.165, 1.54) is 26.3 Å². The van der Waals surface area contributed by atoms with E-state index in [0.717, 1.165) is 54.3 Å². The molecule has 2 aromatic heterocycles. The van der Waals surface area contributed by atoms with Gasteiger partial charge in [-0.3, -0.25) is 4.90 Å². The Morgan fingerprint density at radius 3 is 2.57 bits per heavy atom. The summed E-state index contributed by atoms with van der Waals surface area (Å²) in [4.78, 5) is 16.0. The molecule has 0 bridgehead atoms. The van der Waals surface area contributed by atoms with Crippen LogP contribution in [0.25, 0.3) is 10.2 Å². The van der Waals surface area contributed by atoms with Gasteiger partial charge in [-0.15, -0.1) is 34.9 Å². The molecule has 0 unspecified atom stereocenters. The number of aryl methyl sites for hydroxylation is 2. The van der Waals surface area contributed by atoms with Crippen molar-refractivity contribution < 1.29 is 4.74 Å². The maximum Gasteiger partial charge on any atom is 0.145 e. The van der Waals surface area contributed by atoms with Crippen LogP contribution in [0.2, 0.25) is 0 Å². The van der Waals surface area contributed by atoms with Gasteiger partial charge in [0.2, 0.25) is 0 Å². The average molecular weight is 432 g/mol. The van der Waals surface area contributed by atoms with Gasteiger partial charge in [0.15, 0.2) is 0 Å². The van der Waals surface area contributed by atoms with Gasteiger partial charge < -0.3 is 4.74 Å². The van der Waals surface area contributed by atoms with Crippen LogP contribution >= 0.6 is 34.9 Å². The van der Waals surface area contributed by atoms with Crippen LogP contribution in [0.4, 0.5) is 0 Å². The van der Waals surface area contributed by atoms with Crippen LogP contribution in [0.1, 0.15) is 21.8 Å². The minimum atomic E-state index is 0.797. The van der Waals surface area contributed by atoms with Crippen LogP contribution in [0, 0.1) is 13.8 Å². The molecule has 148 valence electrons. The van der Waals surface area contributed by atoms with Crippen molar-refractivity contribution >= 4 is 45.1 Å². The van der Waals surface area contributed by atoms with Crippen molar-refractivity contribution in [3.63, 3.8) is 0 Å². The molecule has 0 N–H and O–H groups in total. The Kier molecular flexibility index (Phi) is 6.58. The van der Waals surface area contributed by atoms with Crippen molar-refractivity contribution in [1.29, 1.82) is 0 Å². The normalized spacial score (nSPS) is 15.4. The van der Waals surface area contributed by atoms with Crippen molar-refractivity contribution in [2.24, 2.45) is 0 Å². The van der Waals surface area contributed by atoms with Crippen LogP contribution in [0.5, 0.6) is 0 Å². The minimum absolute atomic E-state index is 0.797. The van der Waals surface area contributed by atoms with E-state index in [1.807, 2.05) is 11.8 Å². The second-order valence-corrected chi connectivity index (χ2v) is 9.98. The fourth-order valence-corrected chi connectivity index (χ4v) is 5.84. The van der Waals surface area contributed by atoms with Gasteiger partial charge in [0.25, 0.3) is 0 Å².